The van der Waals surface area contributed by atoms with E-state index in [-0.39, 0.29) is 41.5 Å². The molecule has 1 aliphatic heterocycles. The van der Waals surface area contributed by atoms with Gasteiger partial charge in [-0.05, 0) is 37.6 Å². The van der Waals surface area contributed by atoms with Crippen LogP contribution < -0.4 is 5.32 Å². The van der Waals surface area contributed by atoms with Crippen molar-refractivity contribution in [1.82, 2.24) is 4.31 Å². The molecule has 0 aromatic heterocycles. The van der Waals surface area contributed by atoms with Gasteiger partial charge < -0.3 is 5.32 Å². The van der Waals surface area contributed by atoms with E-state index in [1.54, 1.807) is 36.4 Å². The normalized spacial score (nSPS) is 14.7. The molecule has 1 heterocycles. The minimum absolute atomic E-state index is 0.000462. The fraction of sp³-hybridized carbons (Fsp3) is 0.211. The molecule has 1 aliphatic rings. The van der Waals surface area contributed by atoms with Crippen molar-refractivity contribution in [2.45, 2.75) is 24.7 Å². The van der Waals surface area contributed by atoms with E-state index in [2.05, 4.69) is 5.32 Å². The number of hydrogen-bond acceptors (Lipinski definition) is 5. The fourth-order valence-electron chi connectivity index (χ4n) is 2.87. The Morgan fingerprint density at radius 1 is 1.07 bits per heavy atom. The summed E-state index contributed by atoms with van der Waals surface area (Å²) in [4.78, 5) is 35.8. The Balaban J connectivity index is 1.59. The molecule has 0 saturated carbocycles. The molecule has 3 rings (SSSR count). The second kappa shape index (κ2) is 7.32. The second-order valence-electron chi connectivity index (χ2n) is 6.17. The first-order valence-electron chi connectivity index (χ1n) is 8.37. The molecule has 0 aliphatic carbocycles. The Morgan fingerprint density at radius 2 is 1.81 bits per heavy atom. The number of amides is 2. The number of carbonyl (C=O) groups excluding carboxylic acids is 3. The van der Waals surface area contributed by atoms with Crippen molar-refractivity contribution >= 4 is 33.3 Å². The van der Waals surface area contributed by atoms with Crippen molar-refractivity contribution in [1.29, 1.82) is 0 Å². The van der Waals surface area contributed by atoms with E-state index < -0.39 is 15.9 Å². The highest BCUT2D eigenvalue weighted by Crippen LogP contribution is 2.30. The van der Waals surface area contributed by atoms with Gasteiger partial charge in [0.15, 0.2) is 5.78 Å². The molecule has 0 radical (unpaired) electrons. The first-order valence-corrected chi connectivity index (χ1v) is 9.81. The highest BCUT2D eigenvalue weighted by atomic mass is 32.2. The van der Waals surface area contributed by atoms with Gasteiger partial charge in [-0.15, -0.1) is 0 Å². The molecule has 2 amide bonds. The number of Topliss-reactive ketones (excluding diaryl/α,β-unsaturated/α-hetero) is 1. The maximum absolute atomic E-state index is 12.4. The van der Waals surface area contributed by atoms with E-state index in [0.717, 1.165) is 4.31 Å². The van der Waals surface area contributed by atoms with Gasteiger partial charge in [0, 0.05) is 24.2 Å². The van der Waals surface area contributed by atoms with Gasteiger partial charge in [0.05, 0.1) is 5.56 Å². The Labute approximate surface area is 157 Å². The van der Waals surface area contributed by atoms with Crippen LogP contribution in [-0.2, 0) is 14.8 Å². The lowest BCUT2D eigenvalue weighted by molar-refractivity contribution is -0.116. The zero-order chi connectivity index (χ0) is 19.6. The van der Waals surface area contributed by atoms with E-state index in [0.29, 0.717) is 11.3 Å². The lowest BCUT2D eigenvalue weighted by atomic mass is 10.1. The number of rotatable bonds is 6. The van der Waals surface area contributed by atoms with Crippen molar-refractivity contribution in [2.24, 2.45) is 0 Å². The van der Waals surface area contributed by atoms with Gasteiger partial charge in [0.1, 0.15) is 4.90 Å². The number of benzene rings is 2. The lowest BCUT2D eigenvalue weighted by Gasteiger charge is -2.14. The molecule has 0 atom stereocenters. The summed E-state index contributed by atoms with van der Waals surface area (Å²) in [5, 5.41) is 2.67. The van der Waals surface area contributed by atoms with E-state index in [9.17, 15) is 22.8 Å². The zero-order valence-corrected chi connectivity index (χ0v) is 15.5. The first kappa shape index (κ1) is 18.8. The quantitative estimate of drug-likeness (QED) is 0.769. The number of anilines is 1. The fourth-order valence-corrected chi connectivity index (χ4v) is 4.48. The standard InChI is InChI=1S/C19H18N2O5S/c1-13(22)14-6-4-7-15(12-14)20-18(23)10-5-11-21-19(24)16-8-2-3-9-17(16)27(21,25)26/h2-4,6-9,12H,5,10-11H2,1H3,(H,20,23). The van der Waals surface area contributed by atoms with Crippen molar-refractivity contribution in [3.05, 3.63) is 59.7 Å². The molecule has 0 unspecified atom stereocenters. The van der Waals surface area contributed by atoms with E-state index in [1.807, 2.05) is 0 Å². The van der Waals surface area contributed by atoms with Crippen LogP contribution in [0.5, 0.6) is 0 Å². The highest BCUT2D eigenvalue weighted by molar-refractivity contribution is 7.90. The predicted molar refractivity (Wildman–Crippen MR) is 99.0 cm³/mol. The van der Waals surface area contributed by atoms with Gasteiger partial charge in [-0.3, -0.25) is 14.4 Å². The van der Waals surface area contributed by atoms with Crippen LogP contribution in [0, 0.1) is 0 Å². The van der Waals surface area contributed by atoms with Crippen LogP contribution in [0.15, 0.2) is 53.4 Å². The van der Waals surface area contributed by atoms with E-state index >= 15 is 0 Å². The Hall–Kier alpha value is -3.00. The third-order valence-corrected chi connectivity index (χ3v) is 6.07. The van der Waals surface area contributed by atoms with Gasteiger partial charge in [-0.2, -0.15) is 0 Å². The van der Waals surface area contributed by atoms with E-state index in [4.69, 9.17) is 0 Å². The number of nitrogens with one attached hydrogen (secondary N) is 1. The monoisotopic (exact) mass is 386 g/mol. The van der Waals surface area contributed by atoms with Gasteiger partial charge in [0.25, 0.3) is 15.9 Å². The van der Waals surface area contributed by atoms with Crippen LogP contribution in [0.3, 0.4) is 0 Å². The summed E-state index contributed by atoms with van der Waals surface area (Å²) in [6.07, 6.45) is 0.233. The van der Waals surface area contributed by atoms with Crippen molar-refractivity contribution in [3.8, 4) is 0 Å². The molecule has 0 bridgehead atoms. The number of ketones is 1. The average Bonchev–Trinajstić information content (AvgIpc) is 2.83. The van der Waals surface area contributed by atoms with Gasteiger partial charge >= 0.3 is 0 Å². The lowest BCUT2D eigenvalue weighted by Crippen LogP contribution is -2.31. The molecule has 27 heavy (non-hydrogen) atoms. The van der Waals surface area contributed by atoms with Crippen molar-refractivity contribution in [3.63, 3.8) is 0 Å². The number of carbonyl (C=O) groups is 3. The number of sulfonamides is 1. The summed E-state index contributed by atoms with van der Waals surface area (Å²) in [7, 11) is -3.85. The largest absolute Gasteiger partial charge is 0.326 e. The summed E-state index contributed by atoms with van der Waals surface area (Å²) in [5.74, 6) is -0.999. The third kappa shape index (κ3) is 3.75. The average molecular weight is 386 g/mol. The van der Waals surface area contributed by atoms with Gasteiger partial charge in [-0.25, -0.2) is 12.7 Å². The molecule has 0 fully saturated rings. The van der Waals surface area contributed by atoms with E-state index in [1.165, 1.54) is 19.1 Å². The molecule has 7 nitrogen and oxygen atoms in total. The highest BCUT2D eigenvalue weighted by Gasteiger charge is 2.40. The molecule has 2 aromatic carbocycles. The van der Waals surface area contributed by atoms with Crippen LogP contribution in [-0.4, -0.2) is 36.9 Å². The maximum atomic E-state index is 12.4. The molecule has 0 spiro atoms. The second-order valence-corrected chi connectivity index (χ2v) is 8.00. The van der Waals surface area contributed by atoms with Crippen LogP contribution >= 0.6 is 0 Å². The summed E-state index contributed by atoms with van der Waals surface area (Å²) >= 11 is 0. The topological polar surface area (TPSA) is 101 Å². The SMILES string of the molecule is CC(=O)c1cccc(NC(=O)CCCN2C(=O)c3ccccc3S2(=O)=O)c1. The smallest absolute Gasteiger partial charge is 0.269 e. The summed E-state index contributed by atoms with van der Waals surface area (Å²) in [5.41, 5.74) is 1.13. The maximum Gasteiger partial charge on any atom is 0.269 e. The minimum atomic E-state index is -3.85. The number of nitrogens with zero attached hydrogens (tertiary/aromatic N) is 1. The van der Waals surface area contributed by atoms with Crippen molar-refractivity contribution in [2.75, 3.05) is 11.9 Å². The first-order chi connectivity index (χ1) is 12.8. The molecule has 2 aromatic rings. The van der Waals surface area contributed by atoms with Gasteiger partial charge in [0.2, 0.25) is 5.91 Å². The molecule has 140 valence electrons. The van der Waals surface area contributed by atoms with Crippen LogP contribution in [0.2, 0.25) is 0 Å². The Morgan fingerprint density at radius 3 is 2.52 bits per heavy atom. The summed E-state index contributed by atoms with van der Waals surface area (Å²) in [6, 6.07) is 12.6. The third-order valence-electron chi connectivity index (χ3n) is 4.23. The van der Waals surface area contributed by atoms with Crippen molar-refractivity contribution < 1.29 is 22.8 Å². The minimum Gasteiger partial charge on any atom is -0.326 e. The predicted octanol–water partition coefficient (Wildman–Crippen LogP) is 2.45. The summed E-state index contributed by atoms with van der Waals surface area (Å²) in [6.45, 7) is 1.36. The zero-order valence-electron chi connectivity index (χ0n) is 14.6. The number of hydrogen-bond donors (Lipinski definition) is 1. The van der Waals surface area contributed by atoms with Gasteiger partial charge in [-0.1, -0.05) is 24.3 Å². The van der Waals surface area contributed by atoms with Crippen LogP contribution in [0.25, 0.3) is 0 Å². The molecular formula is C19H18N2O5S. The van der Waals surface area contributed by atoms with Crippen LogP contribution in [0.4, 0.5) is 5.69 Å². The Bertz CT molecular complexity index is 1030. The number of fused-ring (bicyclic) bond motifs is 1. The molecular weight excluding hydrogens is 368 g/mol. The molecule has 0 saturated heterocycles. The molecule has 8 heteroatoms. The molecule has 1 N–H and O–H groups in total. The van der Waals surface area contributed by atoms with Crippen LogP contribution in [0.1, 0.15) is 40.5 Å². The Kier molecular flexibility index (Phi) is 5.09. The summed E-state index contributed by atoms with van der Waals surface area (Å²) < 4.78 is 25.7.